The first kappa shape index (κ1) is 20.9. The van der Waals surface area contributed by atoms with Crippen LogP contribution in [0.25, 0.3) is 0 Å². The van der Waals surface area contributed by atoms with Crippen molar-refractivity contribution < 1.29 is 24.5 Å². The van der Waals surface area contributed by atoms with Crippen molar-refractivity contribution in [1.29, 1.82) is 0 Å². The number of ether oxygens (including phenoxy) is 1. The van der Waals surface area contributed by atoms with Gasteiger partial charge in [-0.15, -0.1) is 0 Å². The van der Waals surface area contributed by atoms with Crippen molar-refractivity contribution >= 4 is 12.1 Å². The molecule has 2 atom stereocenters. The monoisotopic (exact) mass is 397 g/mol. The molecule has 2 aromatic rings. The summed E-state index contributed by atoms with van der Waals surface area (Å²) in [5, 5.41) is 19.5. The molecule has 6 nitrogen and oxygen atoms in total. The average Bonchev–Trinajstić information content (AvgIpc) is 2.67. The lowest BCUT2D eigenvalue weighted by atomic mass is 9.80. The average molecular weight is 397 g/mol. The third kappa shape index (κ3) is 4.59. The zero-order chi connectivity index (χ0) is 21.2. The highest BCUT2D eigenvalue weighted by Crippen LogP contribution is 2.42. The fraction of sp³-hybridized carbons (Fsp3) is 0.391. The van der Waals surface area contributed by atoms with Crippen LogP contribution in [0.1, 0.15) is 61.1 Å². The number of amides is 1. The lowest BCUT2D eigenvalue weighted by Gasteiger charge is -2.45. The SMILES string of the molecule is C[C@@H](c1ccc(C(=O)O)cc1)N1CCC(CC(C)(C)O)(c2ccccc2)OC1=O. The second-order valence-electron chi connectivity index (χ2n) is 8.26. The van der Waals surface area contributed by atoms with E-state index in [-0.39, 0.29) is 11.6 Å². The first-order chi connectivity index (χ1) is 13.6. The summed E-state index contributed by atoms with van der Waals surface area (Å²) in [6.07, 6.45) is 0.398. The lowest BCUT2D eigenvalue weighted by Crippen LogP contribution is -2.51. The molecule has 29 heavy (non-hydrogen) atoms. The van der Waals surface area contributed by atoms with Gasteiger partial charge >= 0.3 is 12.1 Å². The summed E-state index contributed by atoms with van der Waals surface area (Å²) < 4.78 is 5.99. The summed E-state index contributed by atoms with van der Waals surface area (Å²) in [6, 6.07) is 15.8. The molecule has 1 amide bonds. The third-order valence-electron chi connectivity index (χ3n) is 5.40. The molecule has 1 heterocycles. The van der Waals surface area contributed by atoms with Crippen LogP contribution in [0.4, 0.5) is 4.79 Å². The molecule has 154 valence electrons. The molecule has 6 heteroatoms. The number of carbonyl (C=O) groups excluding carboxylic acids is 1. The fourth-order valence-electron chi connectivity index (χ4n) is 3.98. The Balaban J connectivity index is 1.83. The molecule has 1 fully saturated rings. The number of carboxylic acid groups (broad SMARTS) is 1. The molecule has 0 spiro atoms. The van der Waals surface area contributed by atoms with Crippen LogP contribution in [0, 0.1) is 0 Å². The van der Waals surface area contributed by atoms with Crippen molar-refractivity contribution in [2.45, 2.75) is 50.9 Å². The summed E-state index contributed by atoms with van der Waals surface area (Å²) in [5.74, 6) is -0.985. The minimum absolute atomic E-state index is 0.204. The van der Waals surface area contributed by atoms with E-state index in [0.29, 0.717) is 19.4 Å². The van der Waals surface area contributed by atoms with E-state index in [1.807, 2.05) is 37.3 Å². The summed E-state index contributed by atoms with van der Waals surface area (Å²) in [5.41, 5.74) is 0.0157. The maximum atomic E-state index is 13.0. The molecule has 1 saturated heterocycles. The Morgan fingerprint density at radius 2 is 1.79 bits per heavy atom. The number of hydrogen-bond acceptors (Lipinski definition) is 4. The van der Waals surface area contributed by atoms with E-state index in [9.17, 15) is 14.7 Å². The largest absolute Gasteiger partial charge is 0.478 e. The zero-order valence-corrected chi connectivity index (χ0v) is 17.0. The van der Waals surface area contributed by atoms with Crippen molar-refractivity contribution in [2.24, 2.45) is 0 Å². The number of aromatic carboxylic acids is 1. The number of benzene rings is 2. The molecule has 0 aromatic heterocycles. The molecular weight excluding hydrogens is 370 g/mol. The highest BCUT2D eigenvalue weighted by molar-refractivity contribution is 5.87. The second kappa shape index (κ2) is 7.87. The highest BCUT2D eigenvalue weighted by Gasteiger charge is 2.46. The molecule has 0 radical (unpaired) electrons. The first-order valence-electron chi connectivity index (χ1n) is 9.72. The highest BCUT2D eigenvalue weighted by atomic mass is 16.6. The predicted molar refractivity (Wildman–Crippen MR) is 109 cm³/mol. The van der Waals surface area contributed by atoms with E-state index in [0.717, 1.165) is 11.1 Å². The number of carboxylic acids is 1. The summed E-state index contributed by atoms with van der Waals surface area (Å²) in [6.45, 7) is 5.78. The van der Waals surface area contributed by atoms with Crippen molar-refractivity contribution in [3.05, 3.63) is 71.3 Å². The van der Waals surface area contributed by atoms with Crippen molar-refractivity contribution in [3.8, 4) is 0 Å². The Hall–Kier alpha value is -2.86. The molecule has 0 saturated carbocycles. The smallest absolute Gasteiger partial charge is 0.411 e. The van der Waals surface area contributed by atoms with Gasteiger partial charge in [0.1, 0.15) is 5.60 Å². The summed E-state index contributed by atoms with van der Waals surface area (Å²) in [7, 11) is 0. The Bertz CT molecular complexity index is 872. The number of nitrogens with zero attached hydrogens (tertiary/aromatic N) is 1. The van der Waals surface area contributed by atoms with Crippen LogP contribution in [0.3, 0.4) is 0 Å². The van der Waals surface area contributed by atoms with Crippen LogP contribution in [-0.4, -0.2) is 39.3 Å². The molecule has 0 bridgehead atoms. The van der Waals surface area contributed by atoms with E-state index in [4.69, 9.17) is 9.84 Å². The third-order valence-corrected chi connectivity index (χ3v) is 5.40. The molecule has 1 unspecified atom stereocenters. The van der Waals surface area contributed by atoms with E-state index < -0.39 is 23.3 Å². The first-order valence-corrected chi connectivity index (χ1v) is 9.72. The molecule has 2 aromatic carbocycles. The van der Waals surface area contributed by atoms with Gasteiger partial charge in [-0.25, -0.2) is 9.59 Å². The van der Waals surface area contributed by atoms with Gasteiger partial charge in [-0.3, -0.25) is 0 Å². The molecule has 1 aliphatic rings. The van der Waals surface area contributed by atoms with Crippen LogP contribution in [0.2, 0.25) is 0 Å². The number of carbonyl (C=O) groups is 2. The summed E-state index contributed by atoms with van der Waals surface area (Å²) >= 11 is 0. The quantitative estimate of drug-likeness (QED) is 0.757. The van der Waals surface area contributed by atoms with E-state index in [2.05, 4.69) is 0 Å². The lowest BCUT2D eigenvalue weighted by molar-refractivity contribution is -0.101. The topological polar surface area (TPSA) is 87.1 Å². The van der Waals surface area contributed by atoms with Gasteiger partial charge in [0.2, 0.25) is 0 Å². The van der Waals surface area contributed by atoms with Crippen molar-refractivity contribution in [1.82, 2.24) is 4.90 Å². The van der Waals surface area contributed by atoms with Gasteiger partial charge in [-0.2, -0.15) is 0 Å². The maximum absolute atomic E-state index is 13.0. The standard InChI is InChI=1S/C23H27NO5/c1-16(17-9-11-18(12-10-17)20(25)26)24-14-13-23(29-21(24)27,15-22(2,3)28)19-7-5-4-6-8-19/h4-12,16,28H,13-15H2,1-3H3,(H,25,26)/t16-,23?/m0/s1. The van der Waals surface area contributed by atoms with E-state index in [1.165, 1.54) is 12.1 Å². The van der Waals surface area contributed by atoms with Gasteiger partial charge in [0, 0.05) is 19.4 Å². The van der Waals surface area contributed by atoms with Crippen LogP contribution in [0.5, 0.6) is 0 Å². The van der Waals surface area contributed by atoms with Gasteiger partial charge in [0.05, 0.1) is 17.2 Å². The second-order valence-corrected chi connectivity index (χ2v) is 8.26. The predicted octanol–water partition coefficient (Wildman–Crippen LogP) is 4.34. The van der Waals surface area contributed by atoms with Crippen LogP contribution in [-0.2, 0) is 10.3 Å². The maximum Gasteiger partial charge on any atom is 0.411 e. The molecular formula is C23H27NO5. The molecule has 3 rings (SSSR count). The van der Waals surface area contributed by atoms with Crippen LogP contribution >= 0.6 is 0 Å². The number of hydrogen-bond donors (Lipinski definition) is 2. The van der Waals surface area contributed by atoms with Gasteiger partial charge in [0.25, 0.3) is 0 Å². The van der Waals surface area contributed by atoms with Crippen LogP contribution < -0.4 is 0 Å². The number of aliphatic hydroxyl groups is 1. The van der Waals surface area contributed by atoms with Gasteiger partial charge in [0.15, 0.2) is 0 Å². The van der Waals surface area contributed by atoms with Crippen molar-refractivity contribution in [3.63, 3.8) is 0 Å². The van der Waals surface area contributed by atoms with Crippen molar-refractivity contribution in [2.75, 3.05) is 6.54 Å². The molecule has 0 aliphatic carbocycles. The zero-order valence-electron chi connectivity index (χ0n) is 17.0. The Morgan fingerprint density at radius 1 is 1.17 bits per heavy atom. The minimum atomic E-state index is -1.00. The minimum Gasteiger partial charge on any atom is -0.478 e. The molecule has 1 aliphatic heterocycles. The van der Waals surface area contributed by atoms with Gasteiger partial charge in [-0.05, 0) is 44.0 Å². The number of rotatable bonds is 6. The van der Waals surface area contributed by atoms with Crippen LogP contribution in [0.15, 0.2) is 54.6 Å². The van der Waals surface area contributed by atoms with E-state index in [1.54, 1.807) is 30.9 Å². The number of cyclic esters (lactones) is 1. The Kier molecular flexibility index (Phi) is 5.66. The fourth-order valence-corrected chi connectivity index (χ4v) is 3.98. The van der Waals surface area contributed by atoms with Gasteiger partial charge < -0.3 is 19.8 Å². The Labute approximate surface area is 170 Å². The summed E-state index contributed by atoms with van der Waals surface area (Å²) in [4.78, 5) is 25.7. The van der Waals surface area contributed by atoms with E-state index >= 15 is 0 Å². The Morgan fingerprint density at radius 3 is 2.31 bits per heavy atom. The normalized spacial score (nSPS) is 20.8. The van der Waals surface area contributed by atoms with Gasteiger partial charge in [-0.1, -0.05) is 42.5 Å². The molecule has 2 N–H and O–H groups in total.